The smallest absolute Gasteiger partial charge is 0.220 e. The number of ether oxygens (including phenoxy) is 1. The Morgan fingerprint density at radius 1 is 1.40 bits per heavy atom. The highest BCUT2D eigenvalue weighted by atomic mass is 16.5. The Bertz CT molecular complexity index is 493. The third-order valence-electron chi connectivity index (χ3n) is 3.43. The molecule has 1 amide bonds. The molecule has 2 N–H and O–H groups in total. The third-order valence-corrected chi connectivity index (χ3v) is 3.43. The van der Waals surface area contributed by atoms with Gasteiger partial charge in [-0.1, -0.05) is 39.0 Å². The molecule has 2 rings (SSSR count). The van der Waals surface area contributed by atoms with Gasteiger partial charge in [-0.05, 0) is 11.5 Å². The summed E-state index contributed by atoms with van der Waals surface area (Å²) >= 11 is 0. The van der Waals surface area contributed by atoms with Gasteiger partial charge in [0.05, 0.1) is 13.2 Å². The molecule has 1 heterocycles. The van der Waals surface area contributed by atoms with Crippen molar-refractivity contribution < 1.29 is 14.6 Å². The molecule has 110 valence electrons. The van der Waals surface area contributed by atoms with Gasteiger partial charge in [0.25, 0.3) is 0 Å². The first-order chi connectivity index (χ1) is 9.30. The second-order valence-electron chi connectivity index (χ2n) is 6.64. The number of fused-ring (bicyclic) bond motifs is 1. The van der Waals surface area contributed by atoms with Gasteiger partial charge < -0.3 is 15.2 Å². The van der Waals surface area contributed by atoms with E-state index in [0.717, 1.165) is 5.56 Å². The minimum Gasteiger partial charge on any atom is -0.493 e. The van der Waals surface area contributed by atoms with Crippen LogP contribution in [0.1, 0.15) is 39.2 Å². The normalized spacial score (nSPS) is 21.8. The summed E-state index contributed by atoms with van der Waals surface area (Å²) in [7, 11) is 0. The fourth-order valence-corrected chi connectivity index (χ4v) is 2.41. The summed E-state index contributed by atoms with van der Waals surface area (Å²) in [5.41, 5.74) is -0.342. The molecule has 1 aliphatic heterocycles. The van der Waals surface area contributed by atoms with E-state index >= 15 is 0 Å². The monoisotopic (exact) mass is 277 g/mol. The van der Waals surface area contributed by atoms with Crippen molar-refractivity contribution in [1.82, 2.24) is 5.32 Å². The number of aliphatic hydroxyl groups is 1. The number of hydrogen-bond donors (Lipinski definition) is 2. The van der Waals surface area contributed by atoms with Gasteiger partial charge >= 0.3 is 0 Å². The molecule has 0 spiro atoms. The molecule has 0 fully saturated rings. The summed E-state index contributed by atoms with van der Waals surface area (Å²) in [6.07, 6.45) is 0.932. The van der Waals surface area contributed by atoms with Crippen LogP contribution in [0.5, 0.6) is 5.75 Å². The van der Waals surface area contributed by atoms with E-state index in [1.807, 2.05) is 45.0 Å². The highest BCUT2D eigenvalue weighted by Crippen LogP contribution is 2.36. The van der Waals surface area contributed by atoms with Crippen molar-refractivity contribution >= 4 is 5.91 Å². The van der Waals surface area contributed by atoms with Crippen LogP contribution in [0.25, 0.3) is 0 Å². The molecule has 4 nitrogen and oxygen atoms in total. The lowest BCUT2D eigenvalue weighted by Gasteiger charge is -2.34. The topological polar surface area (TPSA) is 58.6 Å². The quantitative estimate of drug-likeness (QED) is 0.890. The lowest BCUT2D eigenvalue weighted by Crippen LogP contribution is -2.44. The summed E-state index contributed by atoms with van der Waals surface area (Å²) in [5, 5.41) is 13.6. The molecule has 0 radical (unpaired) electrons. The molecule has 1 aliphatic rings. The maximum absolute atomic E-state index is 11.9. The lowest BCUT2D eigenvalue weighted by molar-refractivity contribution is -0.124. The zero-order valence-electron chi connectivity index (χ0n) is 12.4. The van der Waals surface area contributed by atoms with E-state index in [0.29, 0.717) is 25.2 Å². The molecule has 1 atom stereocenters. The van der Waals surface area contributed by atoms with Crippen molar-refractivity contribution in [2.24, 2.45) is 5.41 Å². The largest absolute Gasteiger partial charge is 0.493 e. The van der Waals surface area contributed by atoms with Crippen LogP contribution in [0.15, 0.2) is 24.3 Å². The van der Waals surface area contributed by atoms with Crippen LogP contribution in [0, 0.1) is 5.41 Å². The Morgan fingerprint density at radius 3 is 2.80 bits per heavy atom. The molecule has 0 saturated heterocycles. The van der Waals surface area contributed by atoms with Crippen molar-refractivity contribution in [3.8, 4) is 5.75 Å². The van der Waals surface area contributed by atoms with Crippen LogP contribution in [-0.4, -0.2) is 24.2 Å². The molecule has 0 bridgehead atoms. The van der Waals surface area contributed by atoms with Crippen molar-refractivity contribution in [1.29, 1.82) is 0 Å². The lowest BCUT2D eigenvalue weighted by atomic mass is 9.87. The summed E-state index contributed by atoms with van der Waals surface area (Å²) < 4.78 is 5.53. The number of hydrogen-bond acceptors (Lipinski definition) is 3. The number of nitrogens with one attached hydrogen (secondary N) is 1. The molecule has 4 heteroatoms. The van der Waals surface area contributed by atoms with E-state index in [1.54, 1.807) is 0 Å². The fraction of sp³-hybridized carbons (Fsp3) is 0.562. The van der Waals surface area contributed by atoms with Crippen molar-refractivity contribution in [2.75, 3.05) is 13.2 Å². The zero-order chi connectivity index (χ0) is 14.8. The average molecular weight is 277 g/mol. The van der Waals surface area contributed by atoms with E-state index in [4.69, 9.17) is 4.74 Å². The molecule has 0 saturated carbocycles. The Balaban J connectivity index is 2.04. The maximum atomic E-state index is 11.9. The number of rotatable bonds is 3. The van der Waals surface area contributed by atoms with Gasteiger partial charge in [-0.15, -0.1) is 0 Å². The number of amides is 1. The first-order valence-corrected chi connectivity index (χ1v) is 7.02. The van der Waals surface area contributed by atoms with Crippen molar-refractivity contribution in [3.63, 3.8) is 0 Å². The predicted molar refractivity (Wildman–Crippen MR) is 77.5 cm³/mol. The van der Waals surface area contributed by atoms with E-state index < -0.39 is 5.60 Å². The molecule has 0 aromatic heterocycles. The second kappa shape index (κ2) is 5.44. The van der Waals surface area contributed by atoms with Crippen LogP contribution in [0.2, 0.25) is 0 Å². The van der Waals surface area contributed by atoms with Crippen LogP contribution >= 0.6 is 0 Å². The van der Waals surface area contributed by atoms with Gasteiger partial charge in [0.2, 0.25) is 5.91 Å². The van der Waals surface area contributed by atoms with Crippen LogP contribution in [-0.2, 0) is 10.4 Å². The molecule has 1 unspecified atom stereocenters. The van der Waals surface area contributed by atoms with Gasteiger partial charge in [-0.2, -0.15) is 0 Å². The summed E-state index contributed by atoms with van der Waals surface area (Å²) in [6, 6.07) is 7.44. The van der Waals surface area contributed by atoms with Gasteiger partial charge in [-0.25, -0.2) is 0 Å². The second-order valence-corrected chi connectivity index (χ2v) is 6.64. The number of benzene rings is 1. The van der Waals surface area contributed by atoms with Crippen LogP contribution in [0.3, 0.4) is 0 Å². The van der Waals surface area contributed by atoms with Gasteiger partial charge in [0.1, 0.15) is 11.4 Å². The Labute approximate surface area is 120 Å². The van der Waals surface area contributed by atoms with Crippen molar-refractivity contribution in [2.45, 2.75) is 39.2 Å². The SMILES string of the molecule is CC(C)(C)CC(=O)NCC1(O)CCOc2ccccc21. The fourth-order valence-electron chi connectivity index (χ4n) is 2.41. The van der Waals surface area contributed by atoms with Crippen LogP contribution in [0.4, 0.5) is 0 Å². The first kappa shape index (κ1) is 14.9. The molecule has 1 aromatic carbocycles. The molecular weight excluding hydrogens is 254 g/mol. The molecule has 0 aliphatic carbocycles. The van der Waals surface area contributed by atoms with Crippen molar-refractivity contribution in [3.05, 3.63) is 29.8 Å². The van der Waals surface area contributed by atoms with Gasteiger partial charge in [0, 0.05) is 18.4 Å². The van der Waals surface area contributed by atoms with Gasteiger partial charge in [0.15, 0.2) is 0 Å². The summed E-state index contributed by atoms with van der Waals surface area (Å²) in [6.45, 7) is 6.74. The Hall–Kier alpha value is -1.55. The summed E-state index contributed by atoms with van der Waals surface area (Å²) in [5.74, 6) is 0.668. The number of carbonyl (C=O) groups excluding carboxylic acids is 1. The molecule has 1 aromatic rings. The minimum atomic E-state index is -1.04. The Kier molecular flexibility index (Phi) is 4.04. The maximum Gasteiger partial charge on any atom is 0.220 e. The Morgan fingerprint density at radius 2 is 2.10 bits per heavy atom. The standard InChI is InChI=1S/C16H23NO3/c1-15(2,3)10-14(18)17-11-16(19)8-9-20-13-7-5-4-6-12(13)16/h4-7,19H,8-11H2,1-3H3,(H,17,18). The number of carbonyl (C=O) groups is 1. The third kappa shape index (κ3) is 3.51. The average Bonchev–Trinajstić information content (AvgIpc) is 2.35. The minimum absolute atomic E-state index is 0.0325. The van der Waals surface area contributed by atoms with E-state index in [-0.39, 0.29) is 17.9 Å². The first-order valence-electron chi connectivity index (χ1n) is 7.02. The summed E-state index contributed by atoms with van der Waals surface area (Å²) in [4.78, 5) is 11.9. The van der Waals surface area contributed by atoms with E-state index in [1.165, 1.54) is 0 Å². The highest BCUT2D eigenvalue weighted by molar-refractivity contribution is 5.76. The predicted octanol–water partition coefficient (Wildman–Crippen LogP) is 2.21. The zero-order valence-corrected chi connectivity index (χ0v) is 12.4. The molecule has 20 heavy (non-hydrogen) atoms. The van der Waals surface area contributed by atoms with E-state index in [2.05, 4.69) is 5.32 Å². The van der Waals surface area contributed by atoms with Gasteiger partial charge in [-0.3, -0.25) is 4.79 Å². The van der Waals surface area contributed by atoms with E-state index in [9.17, 15) is 9.90 Å². The number of para-hydroxylation sites is 1. The molecular formula is C16H23NO3. The highest BCUT2D eigenvalue weighted by Gasteiger charge is 2.35. The van der Waals surface area contributed by atoms with Crippen LogP contribution < -0.4 is 10.1 Å².